The monoisotopic (exact) mass is 263 g/mol. The molecule has 0 saturated heterocycles. The molecule has 0 unspecified atom stereocenters. The molecule has 18 heavy (non-hydrogen) atoms. The predicted molar refractivity (Wildman–Crippen MR) is 60.0 cm³/mol. The van der Waals surface area contributed by atoms with Crippen LogP contribution in [0.4, 0.5) is 17.6 Å². The molecule has 0 amide bonds. The minimum Gasteiger partial charge on any atom is -0.492 e. The summed E-state index contributed by atoms with van der Waals surface area (Å²) in [4.78, 5) is 0. The highest BCUT2D eigenvalue weighted by atomic mass is 19.4. The Morgan fingerprint density at radius 1 is 1.33 bits per heavy atom. The van der Waals surface area contributed by atoms with Crippen molar-refractivity contribution in [2.24, 2.45) is 0 Å². The number of halogens is 4. The molecule has 0 spiro atoms. The fraction of sp³-hybridized carbons (Fsp3) is 0.333. The molecule has 100 valence electrons. The van der Waals surface area contributed by atoms with Crippen molar-refractivity contribution in [2.45, 2.75) is 6.18 Å². The highest BCUT2D eigenvalue weighted by molar-refractivity contribution is 5.31. The van der Waals surface area contributed by atoms with E-state index in [2.05, 4.69) is 11.9 Å². The second kappa shape index (κ2) is 6.39. The van der Waals surface area contributed by atoms with Crippen LogP contribution in [0.1, 0.15) is 5.56 Å². The van der Waals surface area contributed by atoms with Crippen molar-refractivity contribution in [3.63, 3.8) is 0 Å². The topological polar surface area (TPSA) is 21.3 Å². The second-order valence-corrected chi connectivity index (χ2v) is 3.48. The highest BCUT2D eigenvalue weighted by Gasteiger charge is 2.34. The fourth-order valence-electron chi connectivity index (χ4n) is 1.26. The first-order valence-corrected chi connectivity index (χ1v) is 5.26. The molecule has 1 N–H and O–H groups in total. The summed E-state index contributed by atoms with van der Waals surface area (Å²) in [5, 5.41) is 2.92. The summed E-state index contributed by atoms with van der Waals surface area (Å²) in [5.74, 6) is -1.32. The van der Waals surface area contributed by atoms with Gasteiger partial charge in [0.2, 0.25) is 0 Å². The molecule has 0 saturated carbocycles. The van der Waals surface area contributed by atoms with Crippen molar-refractivity contribution in [3.05, 3.63) is 42.2 Å². The molecule has 1 aromatic carbocycles. The molecule has 1 aromatic rings. The van der Waals surface area contributed by atoms with Gasteiger partial charge < -0.3 is 10.1 Å². The van der Waals surface area contributed by atoms with Crippen LogP contribution in [0.2, 0.25) is 0 Å². The van der Waals surface area contributed by atoms with Crippen LogP contribution < -0.4 is 10.1 Å². The van der Waals surface area contributed by atoms with Crippen molar-refractivity contribution in [1.82, 2.24) is 5.32 Å². The van der Waals surface area contributed by atoms with E-state index < -0.39 is 17.6 Å². The van der Waals surface area contributed by atoms with Crippen LogP contribution in [-0.2, 0) is 6.18 Å². The molecule has 0 atom stereocenters. The first-order valence-electron chi connectivity index (χ1n) is 5.26. The quantitative estimate of drug-likeness (QED) is 0.484. The summed E-state index contributed by atoms with van der Waals surface area (Å²) >= 11 is 0. The van der Waals surface area contributed by atoms with E-state index in [4.69, 9.17) is 4.74 Å². The van der Waals surface area contributed by atoms with Crippen LogP contribution >= 0.6 is 0 Å². The number of benzene rings is 1. The fourth-order valence-corrected chi connectivity index (χ4v) is 1.26. The van der Waals surface area contributed by atoms with E-state index in [1.165, 1.54) is 0 Å². The van der Waals surface area contributed by atoms with Gasteiger partial charge in [0.05, 0.1) is 5.56 Å². The summed E-state index contributed by atoms with van der Waals surface area (Å²) in [5.41, 5.74) is -1.32. The van der Waals surface area contributed by atoms with Crippen LogP contribution in [0.15, 0.2) is 30.9 Å². The Hall–Kier alpha value is -1.56. The lowest BCUT2D eigenvalue weighted by atomic mass is 10.2. The number of nitrogens with one attached hydrogen (secondary N) is 1. The van der Waals surface area contributed by atoms with Crippen molar-refractivity contribution >= 4 is 0 Å². The molecule has 0 aliphatic rings. The maximum atomic E-state index is 13.0. The number of rotatable bonds is 6. The summed E-state index contributed by atoms with van der Waals surface area (Å²) in [6.45, 7) is 4.73. The zero-order chi connectivity index (χ0) is 13.6. The van der Waals surface area contributed by atoms with Gasteiger partial charge in [0.25, 0.3) is 0 Å². The summed E-state index contributed by atoms with van der Waals surface area (Å²) < 4.78 is 55.2. The molecule has 0 aromatic heterocycles. The smallest absolute Gasteiger partial charge is 0.419 e. The molecular formula is C12H13F4NO. The van der Waals surface area contributed by atoms with Crippen molar-refractivity contribution < 1.29 is 22.3 Å². The number of alkyl halides is 3. The van der Waals surface area contributed by atoms with Crippen LogP contribution in [0.5, 0.6) is 5.75 Å². The summed E-state index contributed by atoms with van der Waals surface area (Å²) in [6, 6.07) is 2.57. The molecule has 0 bridgehead atoms. The zero-order valence-corrected chi connectivity index (χ0v) is 9.56. The maximum absolute atomic E-state index is 13.0. The molecule has 6 heteroatoms. The number of hydrogen-bond donors (Lipinski definition) is 1. The first kappa shape index (κ1) is 14.5. The molecule has 0 heterocycles. The van der Waals surface area contributed by atoms with Gasteiger partial charge in [-0.2, -0.15) is 13.2 Å². The van der Waals surface area contributed by atoms with Crippen molar-refractivity contribution in [2.75, 3.05) is 19.7 Å². The highest BCUT2D eigenvalue weighted by Crippen LogP contribution is 2.33. The van der Waals surface area contributed by atoms with Gasteiger partial charge in [-0.15, -0.1) is 6.58 Å². The third-order valence-corrected chi connectivity index (χ3v) is 2.08. The molecule has 1 rings (SSSR count). The van der Waals surface area contributed by atoms with E-state index in [1.54, 1.807) is 6.08 Å². The van der Waals surface area contributed by atoms with Crippen LogP contribution in [0.3, 0.4) is 0 Å². The van der Waals surface area contributed by atoms with E-state index >= 15 is 0 Å². The average Bonchev–Trinajstić information content (AvgIpc) is 2.29. The van der Waals surface area contributed by atoms with Gasteiger partial charge in [-0.3, -0.25) is 0 Å². The van der Waals surface area contributed by atoms with Crippen molar-refractivity contribution in [1.29, 1.82) is 0 Å². The van der Waals surface area contributed by atoms with E-state index in [9.17, 15) is 17.6 Å². The molecular weight excluding hydrogens is 250 g/mol. The van der Waals surface area contributed by atoms with Crippen LogP contribution in [-0.4, -0.2) is 19.7 Å². The minimum absolute atomic E-state index is 0.0101. The van der Waals surface area contributed by atoms with Crippen LogP contribution in [0, 0.1) is 5.82 Å². The minimum atomic E-state index is -4.72. The Labute approximate surface area is 102 Å². The van der Waals surface area contributed by atoms with E-state index in [0.717, 1.165) is 12.1 Å². The Bertz CT molecular complexity index is 404. The van der Waals surface area contributed by atoms with E-state index in [1.807, 2.05) is 0 Å². The summed E-state index contributed by atoms with van der Waals surface area (Å²) in [7, 11) is 0. The average molecular weight is 263 g/mol. The van der Waals surface area contributed by atoms with Gasteiger partial charge in [-0.05, 0) is 18.2 Å². The Morgan fingerprint density at radius 2 is 2.06 bits per heavy atom. The van der Waals surface area contributed by atoms with E-state index in [0.29, 0.717) is 19.2 Å². The Kier molecular flexibility index (Phi) is 5.15. The largest absolute Gasteiger partial charge is 0.492 e. The predicted octanol–water partition coefficient (Wildman–Crippen LogP) is 3.00. The Morgan fingerprint density at radius 3 is 2.67 bits per heavy atom. The Balaban J connectivity index is 2.60. The lowest BCUT2D eigenvalue weighted by molar-refractivity contribution is -0.140. The van der Waals surface area contributed by atoms with Gasteiger partial charge in [-0.25, -0.2) is 4.39 Å². The molecule has 2 nitrogen and oxygen atoms in total. The van der Waals surface area contributed by atoms with Gasteiger partial charge in [0.15, 0.2) is 0 Å². The first-order chi connectivity index (χ1) is 8.45. The third-order valence-electron chi connectivity index (χ3n) is 2.08. The maximum Gasteiger partial charge on any atom is 0.419 e. The number of ether oxygens (including phenoxy) is 1. The van der Waals surface area contributed by atoms with Gasteiger partial charge in [-0.1, -0.05) is 6.08 Å². The normalized spacial score (nSPS) is 11.3. The lowest BCUT2D eigenvalue weighted by Crippen LogP contribution is -2.21. The third kappa shape index (κ3) is 4.37. The van der Waals surface area contributed by atoms with Gasteiger partial charge in [0.1, 0.15) is 18.2 Å². The molecule has 0 aliphatic carbocycles. The zero-order valence-electron chi connectivity index (χ0n) is 9.56. The number of hydrogen-bond acceptors (Lipinski definition) is 2. The van der Waals surface area contributed by atoms with Gasteiger partial charge >= 0.3 is 6.18 Å². The van der Waals surface area contributed by atoms with Crippen molar-refractivity contribution in [3.8, 4) is 5.75 Å². The van der Waals surface area contributed by atoms with Gasteiger partial charge in [0, 0.05) is 13.1 Å². The second-order valence-electron chi connectivity index (χ2n) is 3.48. The molecule has 0 aliphatic heterocycles. The molecule has 0 fully saturated rings. The van der Waals surface area contributed by atoms with E-state index in [-0.39, 0.29) is 12.4 Å². The SMILES string of the molecule is C=CCNCCOc1ccc(F)c(C(F)(F)F)c1. The molecule has 0 radical (unpaired) electrons. The standard InChI is InChI=1S/C12H13F4NO/c1-2-5-17-6-7-18-9-3-4-11(13)10(8-9)12(14,15)16/h2-4,8,17H,1,5-7H2. The summed E-state index contributed by atoms with van der Waals surface area (Å²) in [6.07, 6.45) is -3.07. The lowest BCUT2D eigenvalue weighted by Gasteiger charge is -2.11. The van der Waals surface area contributed by atoms with Crippen LogP contribution in [0.25, 0.3) is 0 Å².